The number of halogens is 1. The highest BCUT2D eigenvalue weighted by molar-refractivity contribution is 5.85. The lowest BCUT2D eigenvalue weighted by molar-refractivity contribution is -0.131. The van der Waals surface area contributed by atoms with Crippen LogP contribution in [0.3, 0.4) is 0 Å². The minimum absolute atomic E-state index is 0. The molecular weight excluding hydrogens is 328 g/mol. The number of piperidine rings is 1. The third-order valence-electron chi connectivity index (χ3n) is 4.60. The lowest BCUT2D eigenvalue weighted by atomic mass is 9.93. The molecule has 0 radical (unpaired) electrons. The third-order valence-corrected chi connectivity index (χ3v) is 4.60. The van der Waals surface area contributed by atoms with Gasteiger partial charge in [-0.2, -0.15) is 0 Å². The van der Waals surface area contributed by atoms with E-state index in [0.717, 1.165) is 55.5 Å². The number of hydrogen-bond donors (Lipinski definition) is 1. The van der Waals surface area contributed by atoms with Gasteiger partial charge in [-0.15, -0.1) is 12.4 Å². The van der Waals surface area contributed by atoms with Gasteiger partial charge in [0.1, 0.15) is 11.5 Å². The fourth-order valence-electron chi connectivity index (χ4n) is 3.11. The number of methoxy groups -OCH3 is 2. The number of amides is 1. The number of nitrogens with one attached hydrogen (secondary N) is 1. The predicted octanol–water partition coefficient (Wildman–Crippen LogP) is 2.52. The average Bonchev–Trinajstić information content (AvgIpc) is 2.60. The molecule has 0 saturated carbocycles. The lowest BCUT2D eigenvalue weighted by Crippen LogP contribution is -2.39. The first-order valence-electron chi connectivity index (χ1n) is 8.31. The Labute approximate surface area is 151 Å². The monoisotopic (exact) mass is 356 g/mol. The number of hydrogen-bond acceptors (Lipinski definition) is 4. The van der Waals surface area contributed by atoms with Gasteiger partial charge in [0.15, 0.2) is 0 Å². The van der Waals surface area contributed by atoms with E-state index in [1.807, 2.05) is 30.1 Å². The molecule has 1 amide bonds. The minimum atomic E-state index is 0. The maximum atomic E-state index is 12.6. The van der Waals surface area contributed by atoms with Crippen LogP contribution >= 0.6 is 12.4 Å². The summed E-state index contributed by atoms with van der Waals surface area (Å²) in [5.74, 6) is 2.39. The zero-order valence-corrected chi connectivity index (χ0v) is 15.7. The highest BCUT2D eigenvalue weighted by atomic mass is 35.5. The average molecular weight is 357 g/mol. The van der Waals surface area contributed by atoms with E-state index in [-0.39, 0.29) is 18.3 Å². The van der Waals surface area contributed by atoms with E-state index < -0.39 is 0 Å². The topological polar surface area (TPSA) is 50.8 Å². The van der Waals surface area contributed by atoms with Crippen molar-refractivity contribution in [2.45, 2.75) is 25.7 Å². The van der Waals surface area contributed by atoms with Crippen LogP contribution in [0.2, 0.25) is 0 Å². The van der Waals surface area contributed by atoms with Gasteiger partial charge in [-0.1, -0.05) is 0 Å². The van der Waals surface area contributed by atoms with E-state index >= 15 is 0 Å². The molecule has 136 valence electrons. The first kappa shape index (κ1) is 20.6. The van der Waals surface area contributed by atoms with Gasteiger partial charge >= 0.3 is 0 Å². The number of carbonyl (C=O) groups excluding carboxylic acids is 1. The van der Waals surface area contributed by atoms with Crippen LogP contribution in [0, 0.1) is 5.92 Å². The van der Waals surface area contributed by atoms with Gasteiger partial charge in [0.2, 0.25) is 5.91 Å². The molecule has 1 saturated heterocycles. The summed E-state index contributed by atoms with van der Waals surface area (Å²) in [5, 5.41) is 3.20. The molecule has 1 heterocycles. The molecule has 0 atom stereocenters. The Balaban J connectivity index is 0.00000288. The summed E-state index contributed by atoms with van der Waals surface area (Å²) < 4.78 is 10.6. The van der Waals surface area contributed by atoms with Crippen LogP contribution in [0.1, 0.15) is 24.8 Å². The smallest absolute Gasteiger partial charge is 0.227 e. The number of benzene rings is 1. The van der Waals surface area contributed by atoms with Crippen LogP contribution in [0.25, 0.3) is 0 Å². The van der Waals surface area contributed by atoms with Gasteiger partial charge in [0.25, 0.3) is 0 Å². The second-order valence-electron chi connectivity index (χ2n) is 6.07. The van der Waals surface area contributed by atoms with Gasteiger partial charge in [0.05, 0.1) is 20.6 Å². The molecule has 1 fully saturated rings. The molecule has 1 aliphatic heterocycles. The molecule has 1 aliphatic rings. The van der Waals surface area contributed by atoms with E-state index in [1.165, 1.54) is 6.42 Å². The normalized spacial score (nSPS) is 14.9. The largest absolute Gasteiger partial charge is 0.497 e. The molecule has 24 heavy (non-hydrogen) atoms. The molecule has 5 nitrogen and oxygen atoms in total. The van der Waals surface area contributed by atoms with Crippen molar-refractivity contribution in [1.29, 1.82) is 0 Å². The summed E-state index contributed by atoms with van der Waals surface area (Å²) in [6, 6.07) is 5.59. The van der Waals surface area contributed by atoms with Crippen LogP contribution in [-0.2, 0) is 11.2 Å². The van der Waals surface area contributed by atoms with Gasteiger partial charge in [-0.3, -0.25) is 4.79 Å². The molecule has 1 aromatic rings. The first-order chi connectivity index (χ1) is 11.2. The summed E-state index contributed by atoms with van der Waals surface area (Å²) in [5.41, 5.74) is 0.883. The number of nitrogens with zero attached hydrogens (tertiary/aromatic N) is 1. The quantitative estimate of drug-likeness (QED) is 0.815. The molecule has 6 heteroatoms. The number of rotatable bonds is 7. The predicted molar refractivity (Wildman–Crippen MR) is 98.3 cm³/mol. The SMILES string of the molecule is CNCCC1CCN(C(=O)Cc2cc(OC)ccc2OC)CC1.Cl. The van der Waals surface area contributed by atoms with E-state index in [1.54, 1.807) is 14.2 Å². The highest BCUT2D eigenvalue weighted by Crippen LogP contribution is 2.26. The minimum Gasteiger partial charge on any atom is -0.497 e. The molecule has 0 aliphatic carbocycles. The second kappa shape index (κ2) is 10.4. The number of carbonyl (C=O) groups is 1. The molecule has 0 aromatic heterocycles. The van der Waals surface area contributed by atoms with Gasteiger partial charge in [-0.25, -0.2) is 0 Å². The number of ether oxygens (including phenoxy) is 2. The summed E-state index contributed by atoms with van der Waals surface area (Å²) in [6.45, 7) is 2.78. The first-order valence-corrected chi connectivity index (χ1v) is 8.31. The Morgan fingerprint density at radius 1 is 1.25 bits per heavy atom. The fraction of sp³-hybridized carbons (Fsp3) is 0.611. The van der Waals surface area contributed by atoms with Crippen molar-refractivity contribution in [3.8, 4) is 11.5 Å². The maximum absolute atomic E-state index is 12.6. The summed E-state index contributed by atoms with van der Waals surface area (Å²) >= 11 is 0. The van der Waals surface area contributed by atoms with Crippen LogP contribution in [0.15, 0.2) is 18.2 Å². The Morgan fingerprint density at radius 2 is 1.96 bits per heavy atom. The Kier molecular flexibility index (Phi) is 8.93. The summed E-state index contributed by atoms with van der Waals surface area (Å²) in [4.78, 5) is 14.6. The van der Waals surface area contributed by atoms with Gasteiger partial charge in [-0.05, 0) is 57.0 Å². The Bertz CT molecular complexity index is 517. The Hall–Kier alpha value is -1.46. The molecule has 0 spiro atoms. The molecular formula is C18H29ClN2O3. The fourth-order valence-corrected chi connectivity index (χ4v) is 3.11. The van der Waals surface area contributed by atoms with Crippen molar-refractivity contribution in [2.24, 2.45) is 5.92 Å². The maximum Gasteiger partial charge on any atom is 0.227 e. The van der Waals surface area contributed by atoms with E-state index in [9.17, 15) is 4.79 Å². The van der Waals surface area contributed by atoms with E-state index in [4.69, 9.17) is 9.47 Å². The van der Waals surface area contributed by atoms with Crippen LogP contribution in [0.4, 0.5) is 0 Å². The van der Waals surface area contributed by atoms with Gasteiger partial charge in [0, 0.05) is 18.7 Å². The zero-order valence-electron chi connectivity index (χ0n) is 14.8. The van der Waals surface area contributed by atoms with Crippen molar-refractivity contribution in [1.82, 2.24) is 10.2 Å². The number of likely N-dealkylation sites (tertiary alicyclic amines) is 1. The Morgan fingerprint density at radius 3 is 2.54 bits per heavy atom. The van der Waals surface area contributed by atoms with E-state index in [2.05, 4.69) is 5.32 Å². The third kappa shape index (κ3) is 5.56. The van der Waals surface area contributed by atoms with Crippen molar-refractivity contribution in [2.75, 3.05) is 40.9 Å². The van der Waals surface area contributed by atoms with Crippen LogP contribution < -0.4 is 14.8 Å². The molecule has 1 N–H and O–H groups in total. The van der Waals surface area contributed by atoms with Crippen LogP contribution in [-0.4, -0.2) is 51.7 Å². The molecule has 0 bridgehead atoms. The molecule has 1 aromatic carbocycles. The summed E-state index contributed by atoms with van der Waals surface area (Å²) in [6.07, 6.45) is 3.76. The molecule has 0 unspecified atom stereocenters. The zero-order chi connectivity index (χ0) is 16.7. The van der Waals surface area contributed by atoms with E-state index in [0.29, 0.717) is 6.42 Å². The highest BCUT2D eigenvalue weighted by Gasteiger charge is 2.23. The van der Waals surface area contributed by atoms with Crippen molar-refractivity contribution in [3.05, 3.63) is 23.8 Å². The lowest BCUT2D eigenvalue weighted by Gasteiger charge is -2.32. The van der Waals surface area contributed by atoms with Crippen molar-refractivity contribution in [3.63, 3.8) is 0 Å². The van der Waals surface area contributed by atoms with Crippen molar-refractivity contribution >= 4 is 18.3 Å². The summed E-state index contributed by atoms with van der Waals surface area (Å²) in [7, 11) is 5.24. The van der Waals surface area contributed by atoms with Gasteiger partial charge < -0.3 is 19.7 Å². The van der Waals surface area contributed by atoms with Crippen LogP contribution in [0.5, 0.6) is 11.5 Å². The van der Waals surface area contributed by atoms with Crippen molar-refractivity contribution < 1.29 is 14.3 Å². The second-order valence-corrected chi connectivity index (χ2v) is 6.07. The molecule has 2 rings (SSSR count). The standard InChI is InChI=1S/C18H28N2O3.ClH/c1-19-9-6-14-7-10-20(11-8-14)18(21)13-15-12-16(22-2)4-5-17(15)23-3;/h4-5,12,14,19H,6-11,13H2,1-3H3;1H.